The molecule has 1 N–H and O–H groups in total. The third-order valence-electron chi connectivity index (χ3n) is 2.29. The van der Waals surface area contributed by atoms with E-state index in [1.54, 1.807) is 0 Å². The highest BCUT2D eigenvalue weighted by molar-refractivity contribution is 9.10. The molecule has 0 aromatic heterocycles. The van der Waals surface area contributed by atoms with E-state index in [9.17, 15) is 13.2 Å². The number of alkyl halides is 3. The molecule has 0 aliphatic carbocycles. The van der Waals surface area contributed by atoms with Crippen LogP contribution in [0.2, 0.25) is 0 Å². The van der Waals surface area contributed by atoms with Crippen LogP contribution in [-0.4, -0.2) is 19.3 Å². The van der Waals surface area contributed by atoms with Gasteiger partial charge in [0.05, 0.1) is 24.8 Å². The lowest BCUT2D eigenvalue weighted by atomic mass is 10.1. The first-order valence-corrected chi connectivity index (χ1v) is 5.47. The molecular formula is C10H9BrF3NO. The van der Waals surface area contributed by atoms with Gasteiger partial charge in [0.1, 0.15) is 0 Å². The van der Waals surface area contributed by atoms with Crippen molar-refractivity contribution < 1.29 is 17.9 Å². The van der Waals surface area contributed by atoms with Crippen molar-refractivity contribution in [2.24, 2.45) is 0 Å². The maximum Gasteiger partial charge on any atom is 0.416 e. The molecule has 0 amide bonds. The van der Waals surface area contributed by atoms with Crippen molar-refractivity contribution in [3.05, 3.63) is 28.2 Å². The van der Waals surface area contributed by atoms with Gasteiger partial charge in [0.25, 0.3) is 0 Å². The van der Waals surface area contributed by atoms with E-state index in [0.717, 1.165) is 12.1 Å². The fourth-order valence-electron chi connectivity index (χ4n) is 1.35. The van der Waals surface area contributed by atoms with Crippen LogP contribution in [-0.2, 0) is 10.9 Å². The quantitative estimate of drug-likeness (QED) is 0.904. The van der Waals surface area contributed by atoms with Gasteiger partial charge in [0, 0.05) is 10.2 Å². The minimum Gasteiger partial charge on any atom is -0.377 e. The summed E-state index contributed by atoms with van der Waals surface area (Å²) in [6.45, 7) is 1.06. The minimum atomic E-state index is -4.31. The van der Waals surface area contributed by atoms with Gasteiger partial charge < -0.3 is 10.1 Å². The predicted molar refractivity (Wildman–Crippen MR) is 57.4 cm³/mol. The maximum absolute atomic E-state index is 12.5. The summed E-state index contributed by atoms with van der Waals surface area (Å²) in [5.74, 6) is 0. The molecule has 0 unspecified atom stereocenters. The average Bonchev–Trinajstić information content (AvgIpc) is 2.11. The molecule has 0 radical (unpaired) electrons. The molecule has 2 nitrogen and oxygen atoms in total. The third kappa shape index (κ3) is 2.49. The highest BCUT2D eigenvalue weighted by Gasteiger charge is 2.31. The largest absolute Gasteiger partial charge is 0.416 e. The normalized spacial score (nSPS) is 17.0. The first kappa shape index (κ1) is 11.7. The standard InChI is InChI=1S/C10H9BrF3NO/c11-8-2-1-6(10(12,13)14)3-9(8)15-7-4-16-5-7/h1-3,7,15H,4-5H2. The van der Waals surface area contributed by atoms with Gasteiger partial charge >= 0.3 is 6.18 Å². The van der Waals surface area contributed by atoms with Gasteiger partial charge in [-0.2, -0.15) is 13.2 Å². The van der Waals surface area contributed by atoms with E-state index >= 15 is 0 Å². The first-order chi connectivity index (χ1) is 7.47. The topological polar surface area (TPSA) is 21.3 Å². The van der Waals surface area contributed by atoms with Crippen LogP contribution in [0.15, 0.2) is 22.7 Å². The zero-order chi connectivity index (χ0) is 11.8. The van der Waals surface area contributed by atoms with E-state index < -0.39 is 11.7 Å². The Labute approximate surface area is 98.9 Å². The van der Waals surface area contributed by atoms with Crippen LogP contribution < -0.4 is 5.32 Å². The lowest BCUT2D eigenvalue weighted by Crippen LogP contribution is -2.40. The molecule has 0 bridgehead atoms. The fraction of sp³-hybridized carbons (Fsp3) is 0.400. The lowest BCUT2D eigenvalue weighted by Gasteiger charge is -2.28. The summed E-state index contributed by atoms with van der Waals surface area (Å²) in [5.41, 5.74) is -0.207. The van der Waals surface area contributed by atoms with Crippen LogP contribution in [0.25, 0.3) is 0 Å². The van der Waals surface area contributed by atoms with E-state index in [-0.39, 0.29) is 6.04 Å². The Balaban J connectivity index is 2.21. The molecule has 88 valence electrons. The summed E-state index contributed by atoms with van der Waals surface area (Å²) in [6.07, 6.45) is -4.31. The van der Waals surface area contributed by atoms with Gasteiger partial charge in [-0.15, -0.1) is 0 Å². The van der Waals surface area contributed by atoms with Crippen LogP contribution in [0.5, 0.6) is 0 Å². The third-order valence-corrected chi connectivity index (χ3v) is 2.98. The van der Waals surface area contributed by atoms with Crippen LogP contribution in [0.1, 0.15) is 5.56 Å². The summed E-state index contributed by atoms with van der Waals surface area (Å²) in [4.78, 5) is 0. The summed E-state index contributed by atoms with van der Waals surface area (Å²) < 4.78 is 43.0. The summed E-state index contributed by atoms with van der Waals surface area (Å²) in [5, 5.41) is 2.99. The van der Waals surface area contributed by atoms with Crippen molar-refractivity contribution in [1.82, 2.24) is 0 Å². The molecule has 1 aliphatic rings. The molecule has 1 aromatic rings. The second-order valence-electron chi connectivity index (χ2n) is 3.57. The second-order valence-corrected chi connectivity index (χ2v) is 4.43. The smallest absolute Gasteiger partial charge is 0.377 e. The Morgan fingerprint density at radius 2 is 2.00 bits per heavy atom. The Hall–Kier alpha value is -0.750. The zero-order valence-electron chi connectivity index (χ0n) is 8.14. The van der Waals surface area contributed by atoms with Gasteiger partial charge in [0.15, 0.2) is 0 Å². The van der Waals surface area contributed by atoms with Crippen molar-refractivity contribution in [3.63, 3.8) is 0 Å². The first-order valence-electron chi connectivity index (χ1n) is 4.68. The lowest BCUT2D eigenvalue weighted by molar-refractivity contribution is -0.137. The molecule has 0 spiro atoms. The van der Waals surface area contributed by atoms with Gasteiger partial charge in [-0.25, -0.2) is 0 Å². The summed E-state index contributed by atoms with van der Waals surface area (Å²) >= 11 is 3.21. The Morgan fingerprint density at radius 1 is 1.31 bits per heavy atom. The fourth-order valence-corrected chi connectivity index (χ4v) is 1.71. The van der Waals surface area contributed by atoms with Crippen LogP contribution in [0.4, 0.5) is 18.9 Å². The Bertz CT molecular complexity index is 390. The number of ether oxygens (including phenoxy) is 1. The molecule has 1 aliphatic heterocycles. The zero-order valence-corrected chi connectivity index (χ0v) is 9.73. The number of anilines is 1. The summed E-state index contributed by atoms with van der Waals surface area (Å²) in [7, 11) is 0. The Morgan fingerprint density at radius 3 is 2.50 bits per heavy atom. The van der Waals surface area contributed by atoms with Crippen LogP contribution in [0, 0.1) is 0 Å². The maximum atomic E-state index is 12.5. The Kier molecular flexibility index (Phi) is 3.12. The van der Waals surface area contributed by atoms with Crippen molar-refractivity contribution in [2.45, 2.75) is 12.2 Å². The van der Waals surface area contributed by atoms with Crippen molar-refractivity contribution in [1.29, 1.82) is 0 Å². The average molecular weight is 296 g/mol. The number of halogens is 4. The van der Waals surface area contributed by atoms with E-state index in [2.05, 4.69) is 21.2 Å². The molecule has 2 rings (SSSR count). The molecule has 1 saturated heterocycles. The van der Waals surface area contributed by atoms with E-state index in [1.165, 1.54) is 6.07 Å². The minimum absolute atomic E-state index is 0.0970. The molecule has 6 heteroatoms. The van der Waals surface area contributed by atoms with Crippen molar-refractivity contribution >= 4 is 21.6 Å². The molecular weight excluding hydrogens is 287 g/mol. The van der Waals surface area contributed by atoms with Crippen molar-refractivity contribution in [2.75, 3.05) is 18.5 Å². The highest BCUT2D eigenvalue weighted by atomic mass is 79.9. The monoisotopic (exact) mass is 295 g/mol. The number of benzene rings is 1. The van der Waals surface area contributed by atoms with E-state index in [4.69, 9.17) is 4.74 Å². The van der Waals surface area contributed by atoms with Crippen LogP contribution in [0.3, 0.4) is 0 Å². The van der Waals surface area contributed by atoms with Gasteiger partial charge in [-0.05, 0) is 34.1 Å². The number of nitrogens with one attached hydrogen (secondary N) is 1. The van der Waals surface area contributed by atoms with Crippen LogP contribution >= 0.6 is 15.9 Å². The molecule has 1 heterocycles. The highest BCUT2D eigenvalue weighted by Crippen LogP contribution is 2.34. The van der Waals surface area contributed by atoms with E-state index in [1.807, 2.05) is 0 Å². The molecule has 1 fully saturated rings. The number of hydrogen-bond acceptors (Lipinski definition) is 2. The number of rotatable bonds is 2. The van der Waals surface area contributed by atoms with E-state index in [0.29, 0.717) is 23.4 Å². The number of hydrogen-bond donors (Lipinski definition) is 1. The SMILES string of the molecule is FC(F)(F)c1ccc(Br)c(NC2COC2)c1. The molecule has 16 heavy (non-hydrogen) atoms. The molecule has 1 aromatic carbocycles. The van der Waals surface area contributed by atoms with Crippen molar-refractivity contribution in [3.8, 4) is 0 Å². The summed E-state index contributed by atoms with van der Waals surface area (Å²) in [6, 6.07) is 3.64. The van der Waals surface area contributed by atoms with Gasteiger partial charge in [0.2, 0.25) is 0 Å². The predicted octanol–water partition coefficient (Wildman–Crippen LogP) is 3.28. The van der Waals surface area contributed by atoms with Gasteiger partial charge in [-0.3, -0.25) is 0 Å². The molecule has 0 atom stereocenters. The second kappa shape index (κ2) is 4.25. The van der Waals surface area contributed by atoms with Gasteiger partial charge in [-0.1, -0.05) is 0 Å². The molecule has 0 saturated carbocycles.